The van der Waals surface area contributed by atoms with Crippen LogP contribution in [-0.2, 0) is 11.2 Å². The van der Waals surface area contributed by atoms with Gasteiger partial charge in [0, 0.05) is 19.0 Å². The van der Waals surface area contributed by atoms with Crippen molar-refractivity contribution in [1.82, 2.24) is 31.3 Å². The molecule has 1 saturated heterocycles. The third-order valence-corrected chi connectivity index (χ3v) is 3.99. The van der Waals surface area contributed by atoms with Gasteiger partial charge in [-0.05, 0) is 30.9 Å². The van der Waals surface area contributed by atoms with E-state index in [-0.39, 0.29) is 11.9 Å². The molecule has 0 saturated carbocycles. The van der Waals surface area contributed by atoms with E-state index in [0.717, 1.165) is 18.7 Å². The summed E-state index contributed by atoms with van der Waals surface area (Å²) in [4.78, 5) is 16.5. The molecule has 8 heteroatoms. The van der Waals surface area contributed by atoms with Crippen molar-refractivity contribution >= 4 is 5.91 Å². The molecule has 0 radical (unpaired) electrons. The maximum atomic E-state index is 12.2. The Morgan fingerprint density at radius 1 is 1.46 bits per heavy atom. The van der Waals surface area contributed by atoms with Gasteiger partial charge in [-0.1, -0.05) is 13.8 Å². The highest BCUT2D eigenvalue weighted by Gasteiger charge is 2.29. The van der Waals surface area contributed by atoms with Gasteiger partial charge in [-0.3, -0.25) is 15.3 Å². The molecular formula is C16H24N6O2. The number of hydrazine groups is 1. The van der Waals surface area contributed by atoms with Crippen LogP contribution in [0.5, 0.6) is 0 Å². The second-order valence-electron chi connectivity index (χ2n) is 6.53. The van der Waals surface area contributed by atoms with E-state index >= 15 is 0 Å². The minimum Gasteiger partial charge on any atom is -0.461 e. The van der Waals surface area contributed by atoms with Crippen molar-refractivity contribution in [2.75, 3.05) is 6.54 Å². The van der Waals surface area contributed by atoms with Crippen molar-refractivity contribution in [2.24, 2.45) is 5.92 Å². The van der Waals surface area contributed by atoms with E-state index < -0.39 is 0 Å². The van der Waals surface area contributed by atoms with Crippen LogP contribution in [-0.4, -0.2) is 39.7 Å². The maximum Gasteiger partial charge on any atom is 0.238 e. The number of nitrogens with one attached hydrogen (secondary N) is 4. The summed E-state index contributed by atoms with van der Waals surface area (Å²) in [6.07, 6.45) is 4.05. The zero-order valence-corrected chi connectivity index (χ0v) is 14.0. The van der Waals surface area contributed by atoms with Crippen molar-refractivity contribution < 1.29 is 9.21 Å². The normalized spacial score (nSPS) is 20.6. The van der Waals surface area contributed by atoms with E-state index in [2.05, 4.69) is 45.2 Å². The van der Waals surface area contributed by atoms with Crippen LogP contribution in [0.25, 0.3) is 11.6 Å². The Labute approximate surface area is 140 Å². The predicted molar refractivity (Wildman–Crippen MR) is 88.7 cm³/mol. The molecule has 0 aromatic carbocycles. The van der Waals surface area contributed by atoms with E-state index in [1.165, 1.54) is 0 Å². The summed E-state index contributed by atoms with van der Waals surface area (Å²) in [6.45, 7) is 4.88. The molecule has 2 atom stereocenters. The van der Waals surface area contributed by atoms with Crippen LogP contribution in [0.3, 0.4) is 0 Å². The lowest BCUT2D eigenvalue weighted by Gasteiger charge is -2.11. The van der Waals surface area contributed by atoms with Crippen LogP contribution in [0.4, 0.5) is 0 Å². The third kappa shape index (κ3) is 4.21. The highest BCUT2D eigenvalue weighted by molar-refractivity contribution is 5.82. The number of H-pyrrole nitrogens is 1. The predicted octanol–water partition coefficient (Wildman–Crippen LogP) is 1.00. The summed E-state index contributed by atoms with van der Waals surface area (Å²) in [5.41, 5.74) is 6.27. The Kier molecular flexibility index (Phi) is 5.27. The number of aromatic amines is 1. The summed E-state index contributed by atoms with van der Waals surface area (Å²) >= 11 is 0. The SMILES string of the molecule is CC(C)CC1CC(C(=O)NCCc2nc(-c3ccco3)n[nH]2)NN1. The summed E-state index contributed by atoms with van der Waals surface area (Å²) in [7, 11) is 0. The van der Waals surface area contributed by atoms with Gasteiger partial charge in [-0.2, -0.15) is 5.10 Å². The highest BCUT2D eigenvalue weighted by Crippen LogP contribution is 2.15. The molecular weight excluding hydrogens is 308 g/mol. The fourth-order valence-corrected chi connectivity index (χ4v) is 2.87. The summed E-state index contributed by atoms with van der Waals surface area (Å²) in [6, 6.07) is 3.77. The molecule has 2 aromatic heterocycles. The van der Waals surface area contributed by atoms with Gasteiger partial charge in [0.15, 0.2) is 5.76 Å². The highest BCUT2D eigenvalue weighted by atomic mass is 16.3. The van der Waals surface area contributed by atoms with Crippen LogP contribution in [0, 0.1) is 5.92 Å². The molecule has 130 valence electrons. The van der Waals surface area contributed by atoms with Crippen molar-refractivity contribution in [2.45, 2.75) is 45.2 Å². The van der Waals surface area contributed by atoms with Crippen molar-refractivity contribution in [3.8, 4) is 11.6 Å². The monoisotopic (exact) mass is 332 g/mol. The number of carbonyl (C=O) groups excluding carboxylic acids is 1. The first kappa shape index (κ1) is 16.7. The van der Waals surface area contributed by atoms with Gasteiger partial charge >= 0.3 is 0 Å². The second-order valence-corrected chi connectivity index (χ2v) is 6.53. The molecule has 1 aliphatic heterocycles. The lowest BCUT2D eigenvalue weighted by molar-refractivity contribution is -0.122. The number of aromatic nitrogens is 3. The first-order chi connectivity index (χ1) is 11.6. The van der Waals surface area contributed by atoms with Gasteiger partial charge in [-0.25, -0.2) is 10.4 Å². The first-order valence-corrected chi connectivity index (χ1v) is 8.35. The van der Waals surface area contributed by atoms with E-state index in [0.29, 0.717) is 36.5 Å². The molecule has 0 bridgehead atoms. The number of hydrogen-bond acceptors (Lipinski definition) is 6. The minimum atomic E-state index is -0.179. The van der Waals surface area contributed by atoms with E-state index in [4.69, 9.17) is 4.42 Å². The smallest absolute Gasteiger partial charge is 0.238 e. The molecule has 1 fully saturated rings. The Hall–Kier alpha value is -2.19. The number of amides is 1. The first-order valence-electron chi connectivity index (χ1n) is 8.35. The van der Waals surface area contributed by atoms with Crippen LogP contribution >= 0.6 is 0 Å². The lowest BCUT2D eigenvalue weighted by Crippen LogP contribution is -2.44. The zero-order chi connectivity index (χ0) is 16.9. The van der Waals surface area contributed by atoms with Gasteiger partial charge in [-0.15, -0.1) is 0 Å². The molecule has 24 heavy (non-hydrogen) atoms. The van der Waals surface area contributed by atoms with E-state index in [1.54, 1.807) is 18.4 Å². The molecule has 1 aliphatic rings. The molecule has 0 spiro atoms. The van der Waals surface area contributed by atoms with Crippen LogP contribution in [0.15, 0.2) is 22.8 Å². The summed E-state index contributed by atoms with van der Waals surface area (Å²) in [5.74, 6) is 2.50. The fraction of sp³-hybridized carbons (Fsp3) is 0.562. The number of rotatable bonds is 7. The Bertz CT molecular complexity index is 651. The number of hydrogen-bond donors (Lipinski definition) is 4. The number of carbonyl (C=O) groups is 1. The Morgan fingerprint density at radius 3 is 3.08 bits per heavy atom. The zero-order valence-electron chi connectivity index (χ0n) is 14.0. The fourth-order valence-electron chi connectivity index (χ4n) is 2.87. The molecule has 2 unspecified atom stereocenters. The minimum absolute atomic E-state index is 0.0135. The van der Waals surface area contributed by atoms with Crippen LogP contribution in [0.1, 0.15) is 32.5 Å². The van der Waals surface area contributed by atoms with Crippen molar-refractivity contribution in [3.63, 3.8) is 0 Å². The van der Waals surface area contributed by atoms with E-state index in [1.807, 2.05) is 0 Å². The van der Waals surface area contributed by atoms with Crippen molar-refractivity contribution in [3.05, 3.63) is 24.2 Å². The summed E-state index contributed by atoms with van der Waals surface area (Å²) in [5, 5.41) is 9.91. The molecule has 1 amide bonds. The topological polar surface area (TPSA) is 108 Å². The van der Waals surface area contributed by atoms with Crippen molar-refractivity contribution in [1.29, 1.82) is 0 Å². The quantitative estimate of drug-likeness (QED) is 0.602. The molecule has 3 heterocycles. The molecule has 3 rings (SSSR count). The summed E-state index contributed by atoms with van der Waals surface area (Å²) < 4.78 is 5.25. The molecule has 8 nitrogen and oxygen atoms in total. The van der Waals surface area contributed by atoms with Gasteiger partial charge in [0.25, 0.3) is 0 Å². The average Bonchev–Trinajstić information content (AvgIpc) is 3.27. The van der Waals surface area contributed by atoms with Crippen LogP contribution < -0.4 is 16.2 Å². The van der Waals surface area contributed by atoms with Gasteiger partial charge in [0.05, 0.1) is 6.26 Å². The van der Waals surface area contributed by atoms with Gasteiger partial charge < -0.3 is 9.73 Å². The Balaban J connectivity index is 1.41. The third-order valence-electron chi connectivity index (χ3n) is 3.99. The van der Waals surface area contributed by atoms with Crippen LogP contribution in [0.2, 0.25) is 0 Å². The average molecular weight is 332 g/mol. The largest absolute Gasteiger partial charge is 0.461 e. The molecule has 2 aromatic rings. The van der Waals surface area contributed by atoms with E-state index in [9.17, 15) is 4.79 Å². The standard InChI is InChI=1S/C16H24N6O2/c1-10(2)8-11-9-12(20-19-11)16(23)17-6-5-14-18-15(22-21-14)13-4-3-7-24-13/h3-4,7,10-12,19-20H,5-6,8-9H2,1-2H3,(H,17,23)(H,18,21,22). The lowest BCUT2D eigenvalue weighted by atomic mass is 10.00. The van der Waals surface area contributed by atoms with Gasteiger partial charge in [0.1, 0.15) is 11.9 Å². The molecule has 0 aliphatic carbocycles. The maximum absolute atomic E-state index is 12.2. The second kappa shape index (κ2) is 7.59. The molecule has 4 N–H and O–H groups in total. The van der Waals surface area contributed by atoms with Gasteiger partial charge in [0.2, 0.25) is 11.7 Å². The number of nitrogens with zero attached hydrogens (tertiary/aromatic N) is 2. The Morgan fingerprint density at radius 2 is 2.33 bits per heavy atom. The number of furan rings is 1.